The monoisotopic (exact) mass is 321 g/mol. The zero-order valence-electron chi connectivity index (χ0n) is 14.7. The smallest absolute Gasteiger partial charge is 0.253 e. The molecular formula is C20H23N3O. The van der Waals surface area contributed by atoms with Crippen LogP contribution in [0, 0.1) is 6.92 Å². The van der Waals surface area contributed by atoms with Crippen molar-refractivity contribution in [3.8, 4) is 0 Å². The van der Waals surface area contributed by atoms with Crippen molar-refractivity contribution >= 4 is 12.6 Å². The first-order chi connectivity index (χ1) is 11.3. The van der Waals surface area contributed by atoms with Crippen LogP contribution in [0.3, 0.4) is 0 Å². The molecule has 1 aromatic heterocycles. The first-order valence-corrected chi connectivity index (χ1v) is 8.17. The third kappa shape index (κ3) is 2.96. The van der Waals surface area contributed by atoms with E-state index in [1.807, 2.05) is 31.5 Å². The van der Waals surface area contributed by atoms with Crippen LogP contribution in [0.2, 0.25) is 0 Å². The molecule has 4 heteroatoms. The van der Waals surface area contributed by atoms with Gasteiger partial charge in [0.2, 0.25) is 0 Å². The molecular weight excluding hydrogens is 298 g/mol. The minimum atomic E-state index is -0.617. The van der Waals surface area contributed by atoms with Crippen LogP contribution in [0.25, 0.3) is 0 Å². The van der Waals surface area contributed by atoms with Gasteiger partial charge in [-0.1, -0.05) is 51.1 Å². The zero-order chi connectivity index (χ0) is 17.4. The van der Waals surface area contributed by atoms with E-state index >= 15 is 0 Å². The summed E-state index contributed by atoms with van der Waals surface area (Å²) in [7, 11) is 0. The van der Waals surface area contributed by atoms with Crippen molar-refractivity contribution in [1.29, 1.82) is 0 Å². The Bertz CT molecular complexity index is 840. The van der Waals surface area contributed by atoms with Crippen LogP contribution < -0.4 is 5.56 Å². The Morgan fingerprint density at radius 3 is 2.42 bits per heavy atom. The van der Waals surface area contributed by atoms with E-state index in [2.05, 4.69) is 55.0 Å². The Hall–Kier alpha value is -2.49. The van der Waals surface area contributed by atoms with Gasteiger partial charge in [0.1, 0.15) is 11.9 Å². The van der Waals surface area contributed by atoms with Crippen LogP contribution in [0.1, 0.15) is 37.5 Å². The third-order valence-electron chi connectivity index (χ3n) is 4.52. The van der Waals surface area contributed by atoms with E-state index in [9.17, 15) is 4.79 Å². The highest BCUT2D eigenvalue weighted by atomic mass is 16.1. The fourth-order valence-corrected chi connectivity index (χ4v) is 2.95. The Morgan fingerprint density at radius 2 is 1.83 bits per heavy atom. The van der Waals surface area contributed by atoms with E-state index in [1.54, 1.807) is 10.9 Å². The highest BCUT2D eigenvalue weighted by Crippen LogP contribution is 2.30. The first-order valence-electron chi connectivity index (χ1n) is 8.17. The quantitative estimate of drug-likeness (QED) is 0.854. The maximum Gasteiger partial charge on any atom is 0.253 e. The minimum absolute atomic E-state index is 0.0127. The standard InChI is InChI=1S/C20H23N3O/c1-15-6-5-11-23(18(15)24)13-20(12-21-14-22-20)17-9-7-16(8-10-17)19(2,3)4/h5-12,14H,13H2,1-4H3. The summed E-state index contributed by atoms with van der Waals surface area (Å²) < 4.78 is 1.71. The average molecular weight is 321 g/mol. The van der Waals surface area contributed by atoms with Crippen molar-refractivity contribution < 1.29 is 0 Å². The van der Waals surface area contributed by atoms with Gasteiger partial charge in [0.25, 0.3) is 5.56 Å². The number of aliphatic imine (C=N–C) groups is 2. The zero-order valence-corrected chi connectivity index (χ0v) is 14.7. The van der Waals surface area contributed by atoms with E-state index in [0.717, 1.165) is 11.1 Å². The van der Waals surface area contributed by atoms with Crippen molar-refractivity contribution in [1.82, 2.24) is 4.57 Å². The van der Waals surface area contributed by atoms with Gasteiger partial charge in [0.05, 0.1) is 6.54 Å². The van der Waals surface area contributed by atoms with Gasteiger partial charge in [-0.2, -0.15) is 0 Å². The lowest BCUT2D eigenvalue weighted by Crippen LogP contribution is -2.35. The van der Waals surface area contributed by atoms with Gasteiger partial charge >= 0.3 is 0 Å². The van der Waals surface area contributed by atoms with Gasteiger partial charge < -0.3 is 4.57 Å². The lowest BCUT2D eigenvalue weighted by molar-refractivity contribution is 0.498. The molecule has 3 rings (SSSR count). The Labute approximate surface area is 142 Å². The molecule has 0 bridgehead atoms. The number of hydrogen-bond acceptors (Lipinski definition) is 3. The molecule has 1 aromatic carbocycles. The summed E-state index contributed by atoms with van der Waals surface area (Å²) in [5.74, 6) is 0. The molecule has 124 valence electrons. The largest absolute Gasteiger partial charge is 0.312 e. The lowest BCUT2D eigenvalue weighted by Gasteiger charge is -2.26. The fraction of sp³-hybridized carbons (Fsp3) is 0.350. The van der Waals surface area contributed by atoms with Gasteiger partial charge in [-0.3, -0.25) is 9.79 Å². The van der Waals surface area contributed by atoms with Gasteiger partial charge in [0, 0.05) is 18.0 Å². The molecule has 0 radical (unpaired) electrons. The number of aromatic nitrogens is 1. The normalized spacial score (nSPS) is 19.8. The number of benzene rings is 1. The van der Waals surface area contributed by atoms with Gasteiger partial charge in [0.15, 0.2) is 0 Å². The summed E-state index contributed by atoms with van der Waals surface area (Å²) >= 11 is 0. The maximum atomic E-state index is 12.4. The number of rotatable bonds is 3. The third-order valence-corrected chi connectivity index (χ3v) is 4.52. The molecule has 2 aromatic rings. The molecule has 2 heterocycles. The first kappa shape index (κ1) is 16.4. The van der Waals surface area contributed by atoms with Gasteiger partial charge in [-0.05, 0) is 29.5 Å². The maximum absolute atomic E-state index is 12.4. The van der Waals surface area contributed by atoms with Gasteiger partial charge in [-0.25, -0.2) is 4.99 Å². The minimum Gasteiger partial charge on any atom is -0.312 e. The highest BCUT2D eigenvalue weighted by Gasteiger charge is 2.33. The average Bonchev–Trinajstić information content (AvgIpc) is 3.01. The van der Waals surface area contributed by atoms with Crippen molar-refractivity contribution in [3.05, 3.63) is 69.6 Å². The van der Waals surface area contributed by atoms with E-state index < -0.39 is 5.54 Å². The number of pyridine rings is 1. The van der Waals surface area contributed by atoms with E-state index in [1.165, 1.54) is 5.56 Å². The molecule has 1 unspecified atom stereocenters. The Kier molecular flexibility index (Phi) is 3.99. The summed E-state index contributed by atoms with van der Waals surface area (Å²) in [4.78, 5) is 21.2. The molecule has 0 saturated carbocycles. The topological polar surface area (TPSA) is 46.7 Å². The summed E-state index contributed by atoms with van der Waals surface area (Å²) in [5.41, 5.74) is 2.54. The van der Waals surface area contributed by atoms with Gasteiger partial charge in [-0.15, -0.1) is 0 Å². The number of nitrogens with zero attached hydrogens (tertiary/aromatic N) is 3. The Morgan fingerprint density at radius 1 is 1.12 bits per heavy atom. The summed E-state index contributed by atoms with van der Waals surface area (Å²) in [6, 6.07) is 12.2. The van der Waals surface area contributed by atoms with Crippen LogP contribution in [0.4, 0.5) is 0 Å². The molecule has 0 saturated heterocycles. The highest BCUT2D eigenvalue weighted by molar-refractivity contribution is 5.87. The van der Waals surface area contributed by atoms with E-state index in [0.29, 0.717) is 6.54 Å². The SMILES string of the molecule is Cc1cccn(CC2(c3ccc(C(C)(C)C)cc3)C=NC=N2)c1=O. The fourth-order valence-electron chi connectivity index (χ4n) is 2.95. The molecule has 0 aliphatic carbocycles. The van der Waals surface area contributed by atoms with Crippen LogP contribution in [0.5, 0.6) is 0 Å². The van der Waals surface area contributed by atoms with Crippen LogP contribution in [-0.2, 0) is 17.5 Å². The number of hydrogen-bond donors (Lipinski definition) is 0. The predicted octanol–water partition coefficient (Wildman–Crippen LogP) is 3.46. The Balaban J connectivity index is 2.01. The molecule has 4 nitrogen and oxygen atoms in total. The second-order valence-corrected chi connectivity index (χ2v) is 7.40. The van der Waals surface area contributed by atoms with Crippen molar-refractivity contribution in [3.63, 3.8) is 0 Å². The molecule has 0 amide bonds. The molecule has 0 spiro atoms. The molecule has 0 fully saturated rings. The molecule has 24 heavy (non-hydrogen) atoms. The molecule has 1 atom stereocenters. The van der Waals surface area contributed by atoms with Crippen molar-refractivity contribution in [2.24, 2.45) is 9.98 Å². The summed E-state index contributed by atoms with van der Waals surface area (Å²) in [6.07, 6.45) is 5.20. The van der Waals surface area contributed by atoms with Crippen molar-refractivity contribution in [2.75, 3.05) is 0 Å². The van der Waals surface area contributed by atoms with Crippen LogP contribution in [-0.4, -0.2) is 17.1 Å². The number of aryl methyl sites for hydroxylation is 1. The predicted molar refractivity (Wildman–Crippen MR) is 99.2 cm³/mol. The second-order valence-electron chi connectivity index (χ2n) is 7.40. The van der Waals surface area contributed by atoms with Crippen LogP contribution in [0.15, 0.2) is 57.4 Å². The van der Waals surface area contributed by atoms with E-state index in [4.69, 9.17) is 0 Å². The van der Waals surface area contributed by atoms with Crippen LogP contribution >= 0.6 is 0 Å². The lowest BCUT2D eigenvalue weighted by atomic mass is 9.84. The molecule has 1 aliphatic heterocycles. The summed E-state index contributed by atoms with van der Waals surface area (Å²) in [5, 5.41) is 0. The van der Waals surface area contributed by atoms with Crippen molar-refractivity contribution in [2.45, 2.75) is 45.2 Å². The summed E-state index contributed by atoms with van der Waals surface area (Å²) in [6.45, 7) is 8.86. The molecule has 0 N–H and O–H groups in total. The molecule has 1 aliphatic rings. The van der Waals surface area contributed by atoms with E-state index in [-0.39, 0.29) is 11.0 Å². The second kappa shape index (κ2) is 5.86.